The third-order valence-corrected chi connectivity index (χ3v) is 7.71. The number of hydrogen-bond acceptors (Lipinski definition) is 7. The molecule has 2 aromatic carbocycles. The van der Waals surface area contributed by atoms with Crippen molar-refractivity contribution < 1.29 is 19.8 Å². The molecule has 0 bridgehead atoms. The number of rotatable bonds is 10. The minimum absolute atomic E-state index is 0.0219. The number of hydrogen-bond donors (Lipinski definition) is 3. The van der Waals surface area contributed by atoms with Gasteiger partial charge in [0.05, 0.1) is 24.5 Å². The van der Waals surface area contributed by atoms with E-state index in [0.29, 0.717) is 48.7 Å². The third kappa shape index (κ3) is 5.53. The molecule has 40 heavy (non-hydrogen) atoms. The summed E-state index contributed by atoms with van der Waals surface area (Å²) in [6.45, 7) is 4.36. The zero-order valence-electron chi connectivity index (χ0n) is 22.3. The van der Waals surface area contributed by atoms with E-state index in [1.54, 1.807) is 38.9 Å². The van der Waals surface area contributed by atoms with Gasteiger partial charge in [-0.15, -0.1) is 5.10 Å². The van der Waals surface area contributed by atoms with Crippen LogP contribution < -0.4 is 15.1 Å². The molecule has 2 aliphatic rings. The van der Waals surface area contributed by atoms with E-state index >= 15 is 0 Å². The zero-order valence-corrected chi connectivity index (χ0v) is 23.1. The SMILES string of the molecule is C[C@@H](/C=C/CCn1cc(CCO)nn1)[C@]1(O)C(=O)N(Cc2ccc(N3CCNCC3=O)cc2)c2ccc(Cl)cc21. The Morgan fingerprint density at radius 3 is 2.75 bits per heavy atom. The summed E-state index contributed by atoms with van der Waals surface area (Å²) in [5.74, 6) is -0.906. The molecule has 3 aromatic rings. The van der Waals surface area contributed by atoms with Crippen molar-refractivity contribution in [2.24, 2.45) is 5.92 Å². The van der Waals surface area contributed by atoms with Crippen LogP contribution in [0.5, 0.6) is 0 Å². The summed E-state index contributed by atoms with van der Waals surface area (Å²) in [5.41, 5.74) is 1.76. The molecule has 0 unspecified atom stereocenters. The Hall–Kier alpha value is -3.57. The lowest BCUT2D eigenvalue weighted by atomic mass is 9.83. The molecule has 2 atom stereocenters. The van der Waals surface area contributed by atoms with Crippen LogP contribution in [0.25, 0.3) is 0 Å². The number of aromatic nitrogens is 3. The van der Waals surface area contributed by atoms with Gasteiger partial charge in [0.2, 0.25) is 5.91 Å². The van der Waals surface area contributed by atoms with E-state index in [-0.39, 0.29) is 19.1 Å². The molecule has 5 rings (SSSR count). The number of nitrogens with one attached hydrogen (secondary N) is 1. The molecular formula is C29H33ClN6O4. The normalized spacial score (nSPS) is 20.0. The molecular weight excluding hydrogens is 532 g/mol. The number of piperazine rings is 1. The molecule has 2 amide bonds. The molecule has 0 aliphatic carbocycles. The Balaban J connectivity index is 1.31. The molecule has 1 fully saturated rings. The number of carbonyl (C=O) groups is 2. The Kier molecular flexibility index (Phi) is 8.32. The number of aliphatic hydroxyl groups is 2. The van der Waals surface area contributed by atoms with Crippen molar-refractivity contribution in [3.63, 3.8) is 0 Å². The molecule has 1 aromatic heterocycles. The lowest BCUT2D eigenvalue weighted by Crippen LogP contribution is -2.48. The zero-order chi connectivity index (χ0) is 28.3. The van der Waals surface area contributed by atoms with E-state index in [1.165, 1.54) is 0 Å². The molecule has 1 saturated heterocycles. The first-order chi connectivity index (χ1) is 19.3. The number of carbonyl (C=O) groups excluding carboxylic acids is 2. The second-order valence-corrected chi connectivity index (χ2v) is 10.6. The monoisotopic (exact) mass is 564 g/mol. The number of aryl methyl sites for hydroxylation is 1. The van der Waals surface area contributed by atoms with Crippen LogP contribution in [0.3, 0.4) is 0 Å². The van der Waals surface area contributed by atoms with Gasteiger partial charge >= 0.3 is 0 Å². The van der Waals surface area contributed by atoms with E-state index in [9.17, 15) is 14.7 Å². The predicted octanol–water partition coefficient (Wildman–Crippen LogP) is 2.42. The van der Waals surface area contributed by atoms with Crippen LogP contribution >= 0.6 is 11.6 Å². The maximum atomic E-state index is 13.8. The van der Waals surface area contributed by atoms with Crippen molar-refractivity contribution in [2.45, 2.75) is 38.5 Å². The fraction of sp³-hybridized carbons (Fsp3) is 0.379. The summed E-state index contributed by atoms with van der Waals surface area (Å²) >= 11 is 6.31. The molecule has 210 valence electrons. The number of anilines is 2. The Labute approximate surface area is 237 Å². The van der Waals surface area contributed by atoms with E-state index in [2.05, 4.69) is 15.6 Å². The van der Waals surface area contributed by atoms with Crippen LogP contribution in [0.4, 0.5) is 11.4 Å². The topological polar surface area (TPSA) is 124 Å². The molecule has 0 radical (unpaired) electrons. The first-order valence-electron chi connectivity index (χ1n) is 13.4. The summed E-state index contributed by atoms with van der Waals surface area (Å²) in [6, 6.07) is 12.7. The molecule has 11 heteroatoms. The lowest BCUT2D eigenvalue weighted by Gasteiger charge is -2.28. The maximum Gasteiger partial charge on any atom is 0.264 e. The number of allylic oxidation sites excluding steroid dienone is 1. The van der Waals surface area contributed by atoms with Gasteiger partial charge in [-0.2, -0.15) is 0 Å². The highest BCUT2D eigenvalue weighted by atomic mass is 35.5. The van der Waals surface area contributed by atoms with Gasteiger partial charge in [0, 0.05) is 61.1 Å². The summed E-state index contributed by atoms with van der Waals surface area (Å²) in [4.78, 5) is 29.4. The number of amides is 2. The first-order valence-corrected chi connectivity index (χ1v) is 13.8. The van der Waals surface area contributed by atoms with Crippen LogP contribution in [0.1, 0.15) is 30.2 Å². The average molecular weight is 565 g/mol. The highest BCUT2D eigenvalue weighted by Crippen LogP contribution is 2.46. The van der Waals surface area contributed by atoms with Gasteiger partial charge in [0.1, 0.15) is 0 Å². The van der Waals surface area contributed by atoms with Gasteiger partial charge in [-0.25, -0.2) is 0 Å². The molecule has 3 heterocycles. The minimum Gasteiger partial charge on any atom is -0.396 e. The Bertz CT molecular complexity index is 1410. The van der Waals surface area contributed by atoms with Gasteiger partial charge in [0.15, 0.2) is 5.60 Å². The highest BCUT2D eigenvalue weighted by molar-refractivity contribution is 6.31. The second-order valence-electron chi connectivity index (χ2n) is 10.2. The molecule has 0 spiro atoms. The first kappa shape index (κ1) is 28.0. The average Bonchev–Trinajstić information content (AvgIpc) is 3.49. The van der Waals surface area contributed by atoms with Gasteiger partial charge in [-0.1, -0.05) is 48.0 Å². The van der Waals surface area contributed by atoms with Crippen LogP contribution in [-0.4, -0.2) is 63.3 Å². The van der Waals surface area contributed by atoms with Crippen LogP contribution in [0.15, 0.2) is 60.8 Å². The quantitative estimate of drug-likeness (QED) is 0.323. The largest absolute Gasteiger partial charge is 0.396 e. The van der Waals surface area contributed by atoms with E-state index < -0.39 is 17.4 Å². The second kappa shape index (κ2) is 11.9. The van der Waals surface area contributed by atoms with Crippen molar-refractivity contribution in [2.75, 3.05) is 36.0 Å². The summed E-state index contributed by atoms with van der Waals surface area (Å²) < 4.78 is 1.70. The predicted molar refractivity (Wildman–Crippen MR) is 152 cm³/mol. The van der Waals surface area contributed by atoms with Crippen LogP contribution in [-0.2, 0) is 34.7 Å². The van der Waals surface area contributed by atoms with Gasteiger partial charge in [0.25, 0.3) is 5.91 Å². The van der Waals surface area contributed by atoms with Crippen molar-refractivity contribution in [3.05, 3.63) is 82.7 Å². The molecule has 10 nitrogen and oxygen atoms in total. The van der Waals surface area contributed by atoms with Crippen molar-refractivity contribution in [3.8, 4) is 0 Å². The fourth-order valence-electron chi connectivity index (χ4n) is 5.24. The smallest absolute Gasteiger partial charge is 0.264 e. The number of nitrogens with zero attached hydrogens (tertiary/aromatic N) is 5. The lowest BCUT2D eigenvalue weighted by molar-refractivity contribution is -0.139. The maximum absolute atomic E-state index is 13.8. The van der Waals surface area contributed by atoms with Crippen LogP contribution in [0.2, 0.25) is 5.02 Å². The van der Waals surface area contributed by atoms with Crippen molar-refractivity contribution in [1.29, 1.82) is 0 Å². The Morgan fingerprint density at radius 1 is 1.20 bits per heavy atom. The van der Waals surface area contributed by atoms with Crippen molar-refractivity contribution in [1.82, 2.24) is 20.3 Å². The molecule has 0 saturated carbocycles. The van der Waals surface area contributed by atoms with Gasteiger partial charge in [-0.3, -0.25) is 14.3 Å². The summed E-state index contributed by atoms with van der Waals surface area (Å²) in [5, 5.41) is 32.5. The van der Waals surface area contributed by atoms with E-state index in [4.69, 9.17) is 16.7 Å². The molecule has 3 N–H and O–H groups in total. The summed E-state index contributed by atoms with van der Waals surface area (Å²) in [7, 11) is 0. The highest BCUT2D eigenvalue weighted by Gasteiger charge is 2.52. The van der Waals surface area contributed by atoms with E-state index in [0.717, 1.165) is 23.5 Å². The summed E-state index contributed by atoms with van der Waals surface area (Å²) in [6.07, 6.45) is 6.65. The Morgan fingerprint density at radius 2 is 2.00 bits per heavy atom. The number of fused-ring (bicyclic) bond motifs is 1. The van der Waals surface area contributed by atoms with Crippen LogP contribution in [0, 0.1) is 5.92 Å². The molecule has 2 aliphatic heterocycles. The fourth-order valence-corrected chi connectivity index (χ4v) is 5.42. The minimum atomic E-state index is -1.77. The number of benzene rings is 2. The number of aliphatic hydroxyl groups excluding tert-OH is 1. The van der Waals surface area contributed by atoms with Gasteiger partial charge < -0.3 is 25.3 Å². The van der Waals surface area contributed by atoms with E-state index in [1.807, 2.05) is 43.3 Å². The van der Waals surface area contributed by atoms with Crippen molar-refractivity contribution >= 4 is 34.8 Å². The third-order valence-electron chi connectivity index (χ3n) is 7.47. The number of halogens is 1. The standard InChI is InChI=1S/C29H33ClN6O4/c1-20(4-2-3-13-34-19-23(11-15-37)32-33-34)29(40)25-16-22(30)7-10-26(25)36(28(29)39)18-21-5-8-24(9-6-21)35-14-12-31-17-27(35)38/h2,4-10,16,19-20,31,37,40H,3,11-15,17-18H2,1H3/b4-2+/t20-,29+/m0/s1. The van der Waals surface area contributed by atoms with Gasteiger partial charge in [-0.05, 0) is 42.3 Å².